The van der Waals surface area contributed by atoms with Crippen molar-refractivity contribution in [1.29, 1.82) is 0 Å². The van der Waals surface area contributed by atoms with E-state index in [9.17, 15) is 9.59 Å². The molecule has 29 heavy (non-hydrogen) atoms. The van der Waals surface area contributed by atoms with Gasteiger partial charge in [0.05, 0.1) is 32.9 Å². The van der Waals surface area contributed by atoms with Gasteiger partial charge in [0.15, 0.2) is 5.69 Å². The number of ether oxygens (including phenoxy) is 3. The average molecular weight is 421 g/mol. The number of benzene rings is 1. The van der Waals surface area contributed by atoms with Gasteiger partial charge >= 0.3 is 5.97 Å². The van der Waals surface area contributed by atoms with E-state index in [1.165, 1.54) is 18.4 Å². The first-order valence-electron chi connectivity index (χ1n) is 9.66. The van der Waals surface area contributed by atoms with Gasteiger partial charge in [0.2, 0.25) is 0 Å². The van der Waals surface area contributed by atoms with Gasteiger partial charge in [-0.2, -0.15) is 0 Å². The van der Waals surface area contributed by atoms with Crippen LogP contribution in [0.4, 0.5) is 0 Å². The van der Waals surface area contributed by atoms with E-state index in [1.807, 2.05) is 0 Å². The highest BCUT2D eigenvalue weighted by molar-refractivity contribution is 7.09. The molecular formula is C21H28N2O5S. The van der Waals surface area contributed by atoms with Crippen LogP contribution >= 0.6 is 11.3 Å². The van der Waals surface area contributed by atoms with Gasteiger partial charge in [0.25, 0.3) is 5.91 Å². The normalized spacial score (nSPS) is 10.5. The minimum atomic E-state index is -0.448. The first kappa shape index (κ1) is 22.7. The Bertz CT molecular complexity index is 821. The molecule has 158 valence electrons. The predicted octanol–water partition coefficient (Wildman–Crippen LogP) is 4.17. The van der Waals surface area contributed by atoms with Gasteiger partial charge in [0, 0.05) is 18.0 Å². The largest absolute Gasteiger partial charge is 0.497 e. The number of carbonyl (C=O) groups is 2. The fourth-order valence-corrected chi connectivity index (χ4v) is 3.57. The van der Waals surface area contributed by atoms with Gasteiger partial charge in [-0.3, -0.25) is 4.79 Å². The summed E-state index contributed by atoms with van der Waals surface area (Å²) in [6.45, 7) is 5.08. The van der Waals surface area contributed by atoms with Gasteiger partial charge in [-0.15, -0.1) is 11.3 Å². The Morgan fingerprint density at radius 2 is 1.93 bits per heavy atom. The number of hydrogen-bond donors (Lipinski definition) is 0. The van der Waals surface area contributed by atoms with Crippen molar-refractivity contribution in [3.63, 3.8) is 0 Å². The quantitative estimate of drug-likeness (QED) is 0.401. The first-order chi connectivity index (χ1) is 14.0. The second-order valence-corrected chi connectivity index (χ2v) is 7.29. The highest BCUT2D eigenvalue weighted by atomic mass is 32.1. The van der Waals surface area contributed by atoms with Gasteiger partial charge in [0.1, 0.15) is 16.5 Å². The first-order valence-corrected chi connectivity index (χ1v) is 10.5. The highest BCUT2D eigenvalue weighted by Crippen LogP contribution is 2.27. The van der Waals surface area contributed by atoms with Crippen LogP contribution in [-0.4, -0.2) is 49.1 Å². The predicted molar refractivity (Wildman–Crippen MR) is 112 cm³/mol. The zero-order valence-electron chi connectivity index (χ0n) is 17.4. The molecule has 0 unspecified atom stereocenters. The maximum Gasteiger partial charge on any atom is 0.357 e. The number of amides is 1. The molecule has 0 fully saturated rings. The molecule has 2 aromatic rings. The topological polar surface area (TPSA) is 78.0 Å². The number of methoxy groups -OCH3 is 2. The van der Waals surface area contributed by atoms with E-state index in [2.05, 4.69) is 11.9 Å². The Morgan fingerprint density at radius 3 is 2.59 bits per heavy atom. The maximum atomic E-state index is 13.3. The second-order valence-electron chi connectivity index (χ2n) is 6.35. The summed E-state index contributed by atoms with van der Waals surface area (Å²) in [7, 11) is 3.09. The van der Waals surface area contributed by atoms with Crippen molar-refractivity contribution in [3.05, 3.63) is 39.8 Å². The number of thiazole rings is 1. The molecule has 0 saturated heterocycles. The number of esters is 1. The molecule has 8 heteroatoms. The zero-order valence-corrected chi connectivity index (χ0v) is 18.2. The lowest BCUT2D eigenvalue weighted by atomic mass is 10.1. The average Bonchev–Trinajstić information content (AvgIpc) is 3.21. The summed E-state index contributed by atoms with van der Waals surface area (Å²) in [5.41, 5.74) is 0.738. The van der Waals surface area contributed by atoms with Gasteiger partial charge in [-0.05, 0) is 25.5 Å². The SMILES string of the molecule is CCCCCN(Cc1nc(C(=O)OCC)cs1)C(=O)c1ccc(OC)cc1OC. The van der Waals surface area contributed by atoms with Crippen molar-refractivity contribution in [1.82, 2.24) is 9.88 Å². The molecule has 1 amide bonds. The molecule has 0 saturated carbocycles. The van der Waals surface area contributed by atoms with Crippen LogP contribution in [0.5, 0.6) is 11.5 Å². The van der Waals surface area contributed by atoms with Crippen molar-refractivity contribution in [2.75, 3.05) is 27.4 Å². The molecule has 0 spiro atoms. The molecular weight excluding hydrogens is 392 g/mol. The monoisotopic (exact) mass is 420 g/mol. The van der Waals surface area contributed by atoms with Gasteiger partial charge < -0.3 is 19.1 Å². The van der Waals surface area contributed by atoms with Crippen molar-refractivity contribution < 1.29 is 23.8 Å². The van der Waals surface area contributed by atoms with Crippen LogP contribution < -0.4 is 9.47 Å². The number of carbonyl (C=O) groups excluding carboxylic acids is 2. The van der Waals surface area contributed by atoms with Crippen LogP contribution in [0, 0.1) is 0 Å². The summed E-state index contributed by atoms with van der Waals surface area (Å²) in [4.78, 5) is 31.2. The molecule has 0 radical (unpaired) electrons. The Hall–Kier alpha value is -2.61. The molecule has 0 aliphatic heterocycles. The fraction of sp³-hybridized carbons (Fsp3) is 0.476. The van der Waals surface area contributed by atoms with E-state index in [0.717, 1.165) is 19.3 Å². The van der Waals surface area contributed by atoms with Crippen LogP contribution in [0.3, 0.4) is 0 Å². The summed E-state index contributed by atoms with van der Waals surface area (Å²) in [6.07, 6.45) is 2.96. The van der Waals surface area contributed by atoms with Gasteiger partial charge in [-0.1, -0.05) is 19.8 Å². The molecule has 1 heterocycles. The molecule has 0 aliphatic rings. The molecule has 0 aliphatic carbocycles. The molecule has 0 atom stereocenters. The van der Waals surface area contributed by atoms with Crippen LogP contribution in [0.15, 0.2) is 23.6 Å². The van der Waals surface area contributed by atoms with Crippen LogP contribution in [0.1, 0.15) is 59.0 Å². The minimum Gasteiger partial charge on any atom is -0.497 e. The van der Waals surface area contributed by atoms with Crippen molar-refractivity contribution in [2.24, 2.45) is 0 Å². The molecule has 7 nitrogen and oxygen atoms in total. The zero-order chi connectivity index (χ0) is 21.2. The van der Waals surface area contributed by atoms with Crippen LogP contribution in [-0.2, 0) is 11.3 Å². The van der Waals surface area contributed by atoms with E-state index in [-0.39, 0.29) is 11.6 Å². The van der Waals surface area contributed by atoms with Crippen molar-refractivity contribution in [2.45, 2.75) is 39.7 Å². The lowest BCUT2D eigenvalue weighted by molar-refractivity contribution is 0.0520. The Morgan fingerprint density at radius 1 is 1.14 bits per heavy atom. The number of unbranched alkanes of at least 4 members (excludes halogenated alkanes) is 2. The van der Waals surface area contributed by atoms with Crippen LogP contribution in [0.2, 0.25) is 0 Å². The maximum absolute atomic E-state index is 13.3. The van der Waals surface area contributed by atoms with E-state index >= 15 is 0 Å². The van der Waals surface area contributed by atoms with E-state index < -0.39 is 5.97 Å². The smallest absolute Gasteiger partial charge is 0.357 e. The molecule has 1 aromatic carbocycles. The van der Waals surface area contributed by atoms with Crippen molar-refractivity contribution >= 4 is 23.2 Å². The van der Waals surface area contributed by atoms with E-state index in [4.69, 9.17) is 14.2 Å². The summed E-state index contributed by atoms with van der Waals surface area (Å²) in [6, 6.07) is 5.14. The number of nitrogens with zero attached hydrogens (tertiary/aromatic N) is 2. The Labute approximate surface area is 175 Å². The van der Waals surface area contributed by atoms with Crippen LogP contribution in [0.25, 0.3) is 0 Å². The lowest BCUT2D eigenvalue weighted by Crippen LogP contribution is -2.32. The summed E-state index contributed by atoms with van der Waals surface area (Å²) in [5.74, 6) is 0.486. The number of aromatic nitrogens is 1. The third kappa shape index (κ3) is 6.19. The summed E-state index contributed by atoms with van der Waals surface area (Å²) < 4.78 is 15.6. The third-order valence-corrected chi connectivity index (χ3v) is 5.15. The fourth-order valence-electron chi connectivity index (χ4n) is 2.80. The second kappa shape index (κ2) is 11.4. The number of rotatable bonds is 11. The van der Waals surface area contributed by atoms with Crippen molar-refractivity contribution in [3.8, 4) is 11.5 Å². The minimum absolute atomic E-state index is 0.145. The Kier molecular flexibility index (Phi) is 8.92. The third-order valence-electron chi connectivity index (χ3n) is 4.32. The van der Waals surface area contributed by atoms with Gasteiger partial charge in [-0.25, -0.2) is 9.78 Å². The van der Waals surface area contributed by atoms with E-state index in [0.29, 0.717) is 41.8 Å². The molecule has 0 bridgehead atoms. The number of hydrogen-bond acceptors (Lipinski definition) is 7. The standard InChI is InChI=1S/C21H28N2O5S/c1-5-7-8-11-23(13-19-22-17(14-29-19)21(25)28-6-2)20(24)16-10-9-15(26-3)12-18(16)27-4/h9-10,12,14H,5-8,11,13H2,1-4H3. The molecule has 0 N–H and O–H groups in total. The Balaban J connectivity index is 2.23. The van der Waals surface area contributed by atoms with E-state index in [1.54, 1.807) is 42.5 Å². The lowest BCUT2D eigenvalue weighted by Gasteiger charge is -2.23. The molecule has 2 rings (SSSR count). The molecule has 1 aromatic heterocycles. The summed E-state index contributed by atoms with van der Waals surface area (Å²) in [5, 5.41) is 2.35. The summed E-state index contributed by atoms with van der Waals surface area (Å²) >= 11 is 1.34. The highest BCUT2D eigenvalue weighted by Gasteiger charge is 2.22.